The third kappa shape index (κ3) is 5.71. The minimum absolute atomic E-state index is 0.0319. The SMILES string of the molecule is COC(=O)c1ccc(CNC(=O)C[NH+]2CCN(c3cc(Cl)ccc3C)CC2)cc1. The molecule has 3 rings (SSSR count). The Labute approximate surface area is 176 Å². The van der Waals surface area contributed by atoms with Gasteiger partial charge in [-0.15, -0.1) is 0 Å². The number of esters is 1. The van der Waals surface area contributed by atoms with Gasteiger partial charge in [-0.05, 0) is 42.3 Å². The first-order valence-electron chi connectivity index (χ1n) is 9.75. The van der Waals surface area contributed by atoms with E-state index in [-0.39, 0.29) is 11.9 Å². The van der Waals surface area contributed by atoms with Gasteiger partial charge < -0.3 is 19.9 Å². The average molecular weight is 417 g/mol. The molecular weight excluding hydrogens is 390 g/mol. The van der Waals surface area contributed by atoms with E-state index >= 15 is 0 Å². The molecule has 154 valence electrons. The summed E-state index contributed by atoms with van der Waals surface area (Å²) in [6, 6.07) is 13.0. The van der Waals surface area contributed by atoms with E-state index in [4.69, 9.17) is 11.6 Å². The van der Waals surface area contributed by atoms with E-state index in [1.807, 2.05) is 30.3 Å². The van der Waals surface area contributed by atoms with E-state index in [1.165, 1.54) is 23.3 Å². The number of hydrogen-bond acceptors (Lipinski definition) is 4. The fraction of sp³-hybridized carbons (Fsp3) is 0.364. The zero-order valence-electron chi connectivity index (χ0n) is 16.8. The molecule has 0 atom stereocenters. The molecule has 0 saturated carbocycles. The van der Waals surface area contributed by atoms with E-state index in [1.54, 1.807) is 12.1 Å². The Balaban J connectivity index is 1.44. The van der Waals surface area contributed by atoms with Gasteiger partial charge in [0.25, 0.3) is 5.91 Å². The molecule has 1 aliphatic heterocycles. The lowest BCUT2D eigenvalue weighted by Crippen LogP contribution is -3.15. The topological polar surface area (TPSA) is 63.1 Å². The fourth-order valence-corrected chi connectivity index (χ4v) is 3.70. The van der Waals surface area contributed by atoms with E-state index in [9.17, 15) is 9.59 Å². The summed E-state index contributed by atoms with van der Waals surface area (Å²) >= 11 is 6.14. The minimum atomic E-state index is -0.365. The Morgan fingerprint density at radius 2 is 1.83 bits per heavy atom. The lowest BCUT2D eigenvalue weighted by atomic mass is 10.1. The van der Waals surface area contributed by atoms with Crippen molar-refractivity contribution in [2.75, 3.05) is 44.7 Å². The van der Waals surface area contributed by atoms with Gasteiger partial charge in [0.1, 0.15) is 0 Å². The van der Waals surface area contributed by atoms with Crippen molar-refractivity contribution in [3.63, 3.8) is 0 Å². The van der Waals surface area contributed by atoms with Gasteiger partial charge in [-0.2, -0.15) is 0 Å². The molecule has 6 nitrogen and oxygen atoms in total. The number of quaternary nitrogens is 1. The van der Waals surface area contributed by atoms with Crippen LogP contribution in [0.5, 0.6) is 0 Å². The summed E-state index contributed by atoms with van der Waals surface area (Å²) in [4.78, 5) is 27.4. The molecule has 0 radical (unpaired) electrons. The molecule has 0 aromatic heterocycles. The molecule has 2 aromatic carbocycles. The molecule has 0 unspecified atom stereocenters. The fourth-order valence-electron chi connectivity index (χ4n) is 3.53. The average Bonchev–Trinajstić information content (AvgIpc) is 2.74. The maximum Gasteiger partial charge on any atom is 0.337 e. The van der Waals surface area contributed by atoms with Crippen molar-refractivity contribution in [2.24, 2.45) is 0 Å². The second-order valence-electron chi connectivity index (χ2n) is 7.31. The van der Waals surface area contributed by atoms with Crippen LogP contribution in [0, 0.1) is 6.92 Å². The van der Waals surface area contributed by atoms with Crippen molar-refractivity contribution in [3.8, 4) is 0 Å². The first-order valence-corrected chi connectivity index (χ1v) is 10.1. The van der Waals surface area contributed by atoms with E-state index < -0.39 is 0 Å². The van der Waals surface area contributed by atoms with Gasteiger partial charge in [0.15, 0.2) is 6.54 Å². The van der Waals surface area contributed by atoms with E-state index in [0.29, 0.717) is 18.7 Å². The summed E-state index contributed by atoms with van der Waals surface area (Å²) < 4.78 is 4.69. The molecule has 2 N–H and O–H groups in total. The number of halogens is 1. The Kier molecular flexibility index (Phi) is 7.12. The molecular formula is C22H27ClN3O3+. The summed E-state index contributed by atoms with van der Waals surface area (Å²) in [7, 11) is 1.36. The highest BCUT2D eigenvalue weighted by atomic mass is 35.5. The number of nitrogens with zero attached hydrogens (tertiary/aromatic N) is 1. The van der Waals surface area contributed by atoms with Crippen LogP contribution in [0.15, 0.2) is 42.5 Å². The lowest BCUT2D eigenvalue weighted by Gasteiger charge is -2.34. The Bertz CT molecular complexity index is 862. The number of carbonyl (C=O) groups is 2. The molecule has 0 aliphatic carbocycles. The van der Waals surface area contributed by atoms with Crippen LogP contribution in [0.3, 0.4) is 0 Å². The van der Waals surface area contributed by atoms with Gasteiger partial charge >= 0.3 is 5.97 Å². The van der Waals surface area contributed by atoms with Crippen molar-refractivity contribution in [3.05, 3.63) is 64.2 Å². The lowest BCUT2D eigenvalue weighted by molar-refractivity contribution is -0.892. The first-order chi connectivity index (χ1) is 14.0. The van der Waals surface area contributed by atoms with Crippen LogP contribution in [0.25, 0.3) is 0 Å². The summed E-state index contributed by atoms with van der Waals surface area (Å²) in [5.41, 5.74) is 3.84. The first kappa shape index (κ1) is 21.1. The molecule has 1 fully saturated rings. The minimum Gasteiger partial charge on any atom is -0.465 e. The van der Waals surface area contributed by atoms with Crippen molar-refractivity contribution in [2.45, 2.75) is 13.5 Å². The monoisotopic (exact) mass is 416 g/mol. The zero-order valence-corrected chi connectivity index (χ0v) is 17.6. The van der Waals surface area contributed by atoms with Gasteiger partial charge in [0, 0.05) is 17.3 Å². The Morgan fingerprint density at radius 3 is 2.48 bits per heavy atom. The van der Waals surface area contributed by atoms with Crippen molar-refractivity contribution < 1.29 is 19.2 Å². The second-order valence-corrected chi connectivity index (χ2v) is 7.75. The number of benzene rings is 2. The number of carbonyl (C=O) groups excluding carboxylic acids is 2. The number of ether oxygens (including phenoxy) is 1. The molecule has 0 bridgehead atoms. The highest BCUT2D eigenvalue weighted by Gasteiger charge is 2.23. The predicted octanol–water partition coefficient (Wildman–Crippen LogP) is 1.46. The smallest absolute Gasteiger partial charge is 0.337 e. The maximum absolute atomic E-state index is 12.3. The molecule has 1 aliphatic rings. The molecule has 0 spiro atoms. The largest absolute Gasteiger partial charge is 0.465 e. The molecule has 1 amide bonds. The van der Waals surface area contributed by atoms with Crippen molar-refractivity contribution in [1.82, 2.24) is 5.32 Å². The number of anilines is 1. The molecule has 1 saturated heterocycles. The standard InChI is InChI=1S/C22H26ClN3O3/c1-16-3-8-19(23)13-20(16)26-11-9-25(10-12-26)15-21(27)24-14-17-4-6-18(7-5-17)22(28)29-2/h3-8,13H,9-12,14-15H2,1-2H3,(H,24,27)/p+1. The highest BCUT2D eigenvalue weighted by molar-refractivity contribution is 6.30. The van der Waals surface area contributed by atoms with E-state index in [0.717, 1.165) is 36.8 Å². The normalized spacial score (nSPS) is 14.5. The van der Waals surface area contributed by atoms with Crippen LogP contribution in [-0.2, 0) is 16.1 Å². The number of amides is 1. The number of hydrogen-bond donors (Lipinski definition) is 2. The van der Waals surface area contributed by atoms with E-state index in [2.05, 4.69) is 21.9 Å². The van der Waals surface area contributed by atoms with Gasteiger partial charge in [0.05, 0.1) is 38.9 Å². The van der Waals surface area contributed by atoms with Gasteiger partial charge in [-0.3, -0.25) is 4.79 Å². The van der Waals surface area contributed by atoms with Crippen LogP contribution < -0.4 is 15.1 Å². The number of rotatable bonds is 6. The summed E-state index contributed by atoms with van der Waals surface area (Å²) in [6.07, 6.45) is 0. The quantitative estimate of drug-likeness (QED) is 0.700. The number of nitrogens with one attached hydrogen (secondary N) is 2. The van der Waals surface area contributed by atoms with Crippen molar-refractivity contribution >= 4 is 29.2 Å². The number of methoxy groups -OCH3 is 1. The maximum atomic E-state index is 12.3. The van der Waals surface area contributed by atoms with Crippen molar-refractivity contribution in [1.29, 1.82) is 0 Å². The van der Waals surface area contributed by atoms with Gasteiger partial charge in [0.2, 0.25) is 0 Å². The molecule has 2 aromatic rings. The van der Waals surface area contributed by atoms with Gasteiger partial charge in [-0.1, -0.05) is 29.8 Å². The summed E-state index contributed by atoms with van der Waals surface area (Å²) in [5, 5.41) is 3.71. The zero-order chi connectivity index (χ0) is 20.8. The van der Waals surface area contributed by atoms with Crippen LogP contribution in [-0.4, -0.2) is 51.7 Å². The van der Waals surface area contributed by atoms with Crippen LogP contribution in [0.1, 0.15) is 21.5 Å². The molecule has 1 heterocycles. The van der Waals surface area contributed by atoms with Crippen LogP contribution >= 0.6 is 11.6 Å². The third-order valence-corrected chi connectivity index (χ3v) is 5.49. The van der Waals surface area contributed by atoms with Crippen LogP contribution in [0.4, 0.5) is 5.69 Å². The van der Waals surface area contributed by atoms with Crippen LogP contribution in [0.2, 0.25) is 5.02 Å². The molecule has 29 heavy (non-hydrogen) atoms. The Morgan fingerprint density at radius 1 is 1.14 bits per heavy atom. The summed E-state index contributed by atoms with van der Waals surface area (Å²) in [6.45, 7) is 6.62. The Hall–Kier alpha value is -2.57. The molecule has 7 heteroatoms. The number of piperazine rings is 1. The number of aryl methyl sites for hydroxylation is 1. The third-order valence-electron chi connectivity index (χ3n) is 5.26. The second kappa shape index (κ2) is 9.76. The summed E-state index contributed by atoms with van der Waals surface area (Å²) in [5.74, 6) is -0.333. The predicted molar refractivity (Wildman–Crippen MR) is 114 cm³/mol. The highest BCUT2D eigenvalue weighted by Crippen LogP contribution is 2.24. The van der Waals surface area contributed by atoms with Gasteiger partial charge in [-0.25, -0.2) is 4.79 Å².